The molecule has 0 aliphatic carbocycles. The summed E-state index contributed by atoms with van der Waals surface area (Å²) in [4.78, 5) is 15.7. The quantitative estimate of drug-likeness (QED) is 0.583. The molecule has 0 radical (unpaired) electrons. The number of hydrogen-bond acceptors (Lipinski definition) is 5. The monoisotopic (exact) mass is 346 g/mol. The van der Waals surface area contributed by atoms with Crippen LogP contribution in [0.2, 0.25) is 0 Å². The van der Waals surface area contributed by atoms with Crippen LogP contribution in [-0.2, 0) is 4.74 Å². The fraction of sp³-hybridized carbons (Fsp3) is 0.0714. The molecule has 0 saturated carbocycles. The topological polar surface area (TPSA) is 68.5 Å². The van der Waals surface area contributed by atoms with E-state index in [4.69, 9.17) is 0 Å². The van der Waals surface area contributed by atoms with Crippen LogP contribution in [0.15, 0.2) is 47.1 Å². The lowest BCUT2D eigenvalue weighted by Gasteiger charge is -2.03. The molecule has 21 heavy (non-hydrogen) atoms. The van der Waals surface area contributed by atoms with Crippen LogP contribution in [0.5, 0.6) is 0 Å². The third-order valence-corrected chi connectivity index (χ3v) is 3.48. The lowest BCUT2D eigenvalue weighted by atomic mass is 10.2. The highest BCUT2D eigenvalue weighted by Crippen LogP contribution is 2.17. The molecule has 0 spiro atoms. The Bertz CT molecular complexity index is 798. The Labute approximate surface area is 128 Å². The summed E-state index contributed by atoms with van der Waals surface area (Å²) in [6, 6.07) is 12.5. The van der Waals surface area contributed by atoms with Crippen LogP contribution in [0.4, 0.5) is 11.6 Å². The molecule has 1 N–H and O–H groups in total. The summed E-state index contributed by atoms with van der Waals surface area (Å²) in [5.74, 6) is 0.115. The highest BCUT2D eigenvalue weighted by molar-refractivity contribution is 9.10. The van der Waals surface area contributed by atoms with E-state index in [1.54, 1.807) is 28.8 Å². The Morgan fingerprint density at radius 2 is 2.00 bits per heavy atom. The molecular formula is C14H11BrN4O2. The summed E-state index contributed by atoms with van der Waals surface area (Å²) in [5, 5.41) is 7.43. The Morgan fingerprint density at radius 3 is 2.67 bits per heavy atom. The molecule has 0 atom stereocenters. The third-order valence-electron chi connectivity index (χ3n) is 2.88. The number of methoxy groups -OCH3 is 1. The summed E-state index contributed by atoms with van der Waals surface area (Å²) in [6.07, 6.45) is 0. The zero-order chi connectivity index (χ0) is 14.8. The van der Waals surface area contributed by atoms with Gasteiger partial charge in [-0.05, 0) is 52.3 Å². The summed E-state index contributed by atoms with van der Waals surface area (Å²) in [5.41, 5.74) is 2.02. The molecule has 0 aliphatic rings. The Balaban J connectivity index is 1.85. The van der Waals surface area contributed by atoms with Crippen molar-refractivity contribution >= 4 is 39.2 Å². The molecule has 2 aromatic heterocycles. The molecule has 3 rings (SSSR count). The number of esters is 1. The zero-order valence-corrected chi connectivity index (χ0v) is 12.7. The minimum absolute atomic E-state index is 0.365. The van der Waals surface area contributed by atoms with E-state index in [-0.39, 0.29) is 5.97 Å². The number of nitrogens with zero attached hydrogens (tertiary/aromatic N) is 3. The Kier molecular flexibility index (Phi) is 3.57. The van der Waals surface area contributed by atoms with Gasteiger partial charge in [-0.2, -0.15) is 4.98 Å². The number of benzene rings is 1. The molecule has 0 bridgehead atoms. The number of aromatic nitrogens is 3. The predicted molar refractivity (Wildman–Crippen MR) is 81.8 cm³/mol. The largest absolute Gasteiger partial charge is 0.465 e. The van der Waals surface area contributed by atoms with Gasteiger partial charge in [0.1, 0.15) is 4.60 Å². The van der Waals surface area contributed by atoms with Crippen LogP contribution in [-0.4, -0.2) is 27.7 Å². The maximum Gasteiger partial charge on any atom is 0.337 e. The number of anilines is 2. The van der Waals surface area contributed by atoms with Gasteiger partial charge in [-0.15, -0.1) is 5.10 Å². The molecule has 0 unspecified atom stereocenters. The second-order valence-corrected chi connectivity index (χ2v) is 5.06. The fourth-order valence-electron chi connectivity index (χ4n) is 1.86. The number of pyridine rings is 1. The second kappa shape index (κ2) is 5.53. The minimum atomic E-state index is -0.365. The van der Waals surface area contributed by atoms with Crippen LogP contribution < -0.4 is 5.32 Å². The normalized spacial score (nSPS) is 10.6. The molecule has 1 aromatic carbocycles. The molecular weight excluding hydrogens is 336 g/mol. The van der Waals surface area contributed by atoms with E-state index in [2.05, 4.69) is 36.1 Å². The number of carbonyl (C=O) groups excluding carboxylic acids is 1. The van der Waals surface area contributed by atoms with Crippen LogP contribution in [0.3, 0.4) is 0 Å². The smallest absolute Gasteiger partial charge is 0.337 e. The van der Waals surface area contributed by atoms with Crippen molar-refractivity contribution in [2.75, 3.05) is 12.4 Å². The molecule has 0 aliphatic heterocycles. The number of nitrogens with one attached hydrogen (secondary N) is 1. The summed E-state index contributed by atoms with van der Waals surface area (Å²) < 4.78 is 7.16. The van der Waals surface area contributed by atoms with E-state index in [0.29, 0.717) is 11.5 Å². The van der Waals surface area contributed by atoms with Gasteiger partial charge in [0.25, 0.3) is 0 Å². The minimum Gasteiger partial charge on any atom is -0.465 e. The molecule has 2 heterocycles. The summed E-state index contributed by atoms with van der Waals surface area (Å²) in [7, 11) is 1.35. The second-order valence-electron chi connectivity index (χ2n) is 4.25. The van der Waals surface area contributed by atoms with Gasteiger partial charge in [0, 0.05) is 5.69 Å². The van der Waals surface area contributed by atoms with E-state index in [1.807, 2.05) is 18.2 Å². The average molecular weight is 347 g/mol. The molecule has 0 fully saturated rings. The van der Waals surface area contributed by atoms with Gasteiger partial charge in [-0.25, -0.2) is 9.31 Å². The van der Waals surface area contributed by atoms with E-state index in [1.165, 1.54) is 7.11 Å². The van der Waals surface area contributed by atoms with Crippen molar-refractivity contribution in [1.82, 2.24) is 14.6 Å². The first-order chi connectivity index (χ1) is 10.2. The van der Waals surface area contributed by atoms with Gasteiger partial charge in [0.2, 0.25) is 5.95 Å². The first-order valence-corrected chi connectivity index (χ1v) is 6.93. The SMILES string of the molecule is COC(=O)c1ccc(Nc2nc3cccc(Br)n3n2)cc1. The lowest BCUT2D eigenvalue weighted by Crippen LogP contribution is -2.01. The van der Waals surface area contributed by atoms with Crippen LogP contribution in [0, 0.1) is 0 Å². The predicted octanol–water partition coefficient (Wildman–Crippen LogP) is 3.02. The highest BCUT2D eigenvalue weighted by Gasteiger charge is 2.07. The molecule has 0 amide bonds. The van der Waals surface area contributed by atoms with Crippen molar-refractivity contribution in [3.8, 4) is 0 Å². The molecule has 7 heteroatoms. The number of halogens is 1. The van der Waals surface area contributed by atoms with Crippen molar-refractivity contribution in [3.05, 3.63) is 52.6 Å². The van der Waals surface area contributed by atoms with Gasteiger partial charge in [-0.3, -0.25) is 0 Å². The van der Waals surface area contributed by atoms with Gasteiger partial charge in [0.05, 0.1) is 12.7 Å². The van der Waals surface area contributed by atoms with Crippen molar-refractivity contribution in [2.45, 2.75) is 0 Å². The maximum atomic E-state index is 11.4. The van der Waals surface area contributed by atoms with Gasteiger partial charge < -0.3 is 10.1 Å². The number of rotatable bonds is 3. The average Bonchev–Trinajstić information content (AvgIpc) is 2.91. The van der Waals surface area contributed by atoms with Gasteiger partial charge >= 0.3 is 5.97 Å². The Morgan fingerprint density at radius 1 is 1.24 bits per heavy atom. The first-order valence-electron chi connectivity index (χ1n) is 6.14. The van der Waals surface area contributed by atoms with Crippen molar-refractivity contribution < 1.29 is 9.53 Å². The van der Waals surface area contributed by atoms with Crippen molar-refractivity contribution in [2.24, 2.45) is 0 Å². The fourth-order valence-corrected chi connectivity index (χ4v) is 2.28. The zero-order valence-electron chi connectivity index (χ0n) is 11.1. The van der Waals surface area contributed by atoms with Crippen LogP contribution in [0.25, 0.3) is 5.65 Å². The van der Waals surface area contributed by atoms with E-state index in [9.17, 15) is 4.79 Å². The van der Waals surface area contributed by atoms with Crippen molar-refractivity contribution in [3.63, 3.8) is 0 Å². The Hall–Kier alpha value is -2.41. The maximum absolute atomic E-state index is 11.4. The van der Waals surface area contributed by atoms with Crippen LogP contribution >= 0.6 is 15.9 Å². The standard InChI is InChI=1S/C14H11BrN4O2/c1-21-13(20)9-5-7-10(8-6-9)16-14-17-12-4-2-3-11(15)19(12)18-14/h2-8H,1H3,(H,16,18). The highest BCUT2D eigenvalue weighted by atomic mass is 79.9. The van der Waals surface area contributed by atoms with Crippen molar-refractivity contribution in [1.29, 1.82) is 0 Å². The number of ether oxygens (including phenoxy) is 1. The lowest BCUT2D eigenvalue weighted by molar-refractivity contribution is 0.0601. The first kappa shape index (κ1) is 13.6. The van der Waals surface area contributed by atoms with E-state index < -0.39 is 0 Å². The number of carbonyl (C=O) groups is 1. The molecule has 6 nitrogen and oxygen atoms in total. The number of fused-ring (bicyclic) bond motifs is 1. The van der Waals surface area contributed by atoms with Crippen LogP contribution in [0.1, 0.15) is 10.4 Å². The van der Waals surface area contributed by atoms with Gasteiger partial charge in [-0.1, -0.05) is 6.07 Å². The summed E-state index contributed by atoms with van der Waals surface area (Å²) >= 11 is 3.41. The van der Waals surface area contributed by atoms with E-state index >= 15 is 0 Å². The molecule has 3 aromatic rings. The third kappa shape index (κ3) is 2.73. The molecule has 106 valence electrons. The van der Waals surface area contributed by atoms with E-state index in [0.717, 1.165) is 15.9 Å². The number of hydrogen-bond donors (Lipinski definition) is 1. The summed E-state index contributed by atoms with van der Waals surface area (Å²) in [6.45, 7) is 0. The molecule has 0 saturated heterocycles. The van der Waals surface area contributed by atoms with Gasteiger partial charge in [0.15, 0.2) is 5.65 Å².